The minimum Gasteiger partial charge on any atom is -0.454 e. The number of aromatic nitrogens is 1. The van der Waals surface area contributed by atoms with Crippen LogP contribution in [-0.2, 0) is 4.79 Å². The van der Waals surface area contributed by atoms with E-state index < -0.39 is 4.92 Å². The number of anilines is 1. The molecular formula is C26H17N3O5. The van der Waals surface area contributed by atoms with Gasteiger partial charge in [-0.1, -0.05) is 24.8 Å². The van der Waals surface area contributed by atoms with Gasteiger partial charge in [-0.05, 0) is 59.7 Å². The Balaban J connectivity index is 1.69. The number of amides is 1. The summed E-state index contributed by atoms with van der Waals surface area (Å²) >= 11 is 0. The molecule has 8 heteroatoms. The normalized spacial score (nSPS) is 10.9. The molecule has 5 aromatic rings. The van der Waals surface area contributed by atoms with Crippen LogP contribution in [0.1, 0.15) is 0 Å². The molecule has 2 aromatic heterocycles. The van der Waals surface area contributed by atoms with Gasteiger partial charge in [0, 0.05) is 35.0 Å². The third kappa shape index (κ3) is 3.63. The monoisotopic (exact) mass is 451 g/mol. The first kappa shape index (κ1) is 20.9. The average Bonchev–Trinajstić information content (AvgIpc) is 3.22. The lowest BCUT2D eigenvalue weighted by atomic mass is 10.0. The van der Waals surface area contributed by atoms with Gasteiger partial charge in [-0.15, -0.1) is 0 Å². The number of hydrogen-bond acceptors (Lipinski definition) is 5. The van der Waals surface area contributed by atoms with Crippen LogP contribution in [-0.4, -0.2) is 15.4 Å². The summed E-state index contributed by atoms with van der Waals surface area (Å²) in [6, 6.07) is 21.7. The quantitative estimate of drug-likeness (QED) is 0.218. The lowest BCUT2D eigenvalue weighted by Gasteiger charge is -2.09. The van der Waals surface area contributed by atoms with Crippen LogP contribution in [0.15, 0.2) is 101 Å². The summed E-state index contributed by atoms with van der Waals surface area (Å²) in [7, 11) is 0. The average molecular weight is 451 g/mol. The summed E-state index contributed by atoms with van der Waals surface area (Å²) in [5, 5.41) is 14.6. The lowest BCUT2D eigenvalue weighted by molar-refractivity contribution is -0.384. The Kier molecular flexibility index (Phi) is 5.03. The summed E-state index contributed by atoms with van der Waals surface area (Å²) in [6.07, 6.45) is 1.18. The van der Waals surface area contributed by atoms with E-state index >= 15 is 0 Å². The van der Waals surface area contributed by atoms with Crippen molar-refractivity contribution >= 4 is 39.4 Å². The zero-order valence-corrected chi connectivity index (χ0v) is 17.7. The number of nitrogens with zero attached hydrogens (tertiary/aromatic N) is 2. The van der Waals surface area contributed by atoms with Gasteiger partial charge < -0.3 is 9.73 Å². The van der Waals surface area contributed by atoms with Gasteiger partial charge in [-0.25, -0.2) is 0 Å². The molecule has 0 aliphatic carbocycles. The second kappa shape index (κ2) is 8.18. The topological polar surface area (TPSA) is 107 Å². The van der Waals surface area contributed by atoms with Crippen LogP contribution in [0.5, 0.6) is 0 Å². The number of carbonyl (C=O) groups excluding carboxylic acids is 1. The van der Waals surface area contributed by atoms with E-state index in [-0.39, 0.29) is 17.2 Å². The van der Waals surface area contributed by atoms with Crippen molar-refractivity contribution in [1.29, 1.82) is 0 Å². The molecule has 0 bridgehead atoms. The molecule has 0 spiro atoms. The van der Waals surface area contributed by atoms with Crippen LogP contribution in [0.3, 0.4) is 0 Å². The Morgan fingerprint density at radius 2 is 1.71 bits per heavy atom. The van der Waals surface area contributed by atoms with E-state index in [1.54, 1.807) is 48.5 Å². The molecule has 34 heavy (non-hydrogen) atoms. The molecular weight excluding hydrogens is 434 g/mol. The fourth-order valence-corrected chi connectivity index (χ4v) is 3.90. The van der Waals surface area contributed by atoms with Crippen molar-refractivity contribution in [2.45, 2.75) is 0 Å². The largest absolute Gasteiger partial charge is 0.454 e. The highest BCUT2D eigenvalue weighted by Crippen LogP contribution is 2.33. The summed E-state index contributed by atoms with van der Waals surface area (Å²) in [6.45, 7) is 3.43. The molecule has 0 saturated heterocycles. The second-order valence-electron chi connectivity index (χ2n) is 7.58. The standard InChI is InChI=1S/C26H17N3O5/c1-2-24(30)27-18-7-9-19(10-8-18)28-25(31)13-12-23-26(28)21-15-17(6-11-22(21)34-23)16-4-3-5-20(14-16)29(32)33/h2-15H,1H2,(H,27,30). The summed E-state index contributed by atoms with van der Waals surface area (Å²) in [5.74, 6) is -0.332. The molecule has 1 amide bonds. The van der Waals surface area contributed by atoms with E-state index in [4.69, 9.17) is 4.42 Å². The van der Waals surface area contributed by atoms with Gasteiger partial charge in [0.15, 0.2) is 5.58 Å². The maximum atomic E-state index is 12.9. The highest BCUT2D eigenvalue weighted by molar-refractivity contribution is 6.05. The highest BCUT2D eigenvalue weighted by atomic mass is 16.6. The van der Waals surface area contributed by atoms with Gasteiger partial charge in [0.2, 0.25) is 5.91 Å². The molecule has 0 fully saturated rings. The van der Waals surface area contributed by atoms with Crippen LogP contribution < -0.4 is 10.9 Å². The molecule has 0 radical (unpaired) electrons. The molecule has 0 unspecified atom stereocenters. The van der Waals surface area contributed by atoms with Gasteiger partial charge >= 0.3 is 0 Å². The fourth-order valence-electron chi connectivity index (χ4n) is 3.90. The number of pyridine rings is 1. The predicted octanol–water partition coefficient (Wildman–Crippen LogP) is 5.44. The lowest BCUT2D eigenvalue weighted by Crippen LogP contribution is -2.17. The van der Waals surface area contributed by atoms with Crippen molar-refractivity contribution in [1.82, 2.24) is 4.57 Å². The van der Waals surface area contributed by atoms with Gasteiger partial charge in [0.1, 0.15) is 11.1 Å². The number of rotatable bonds is 5. The van der Waals surface area contributed by atoms with Crippen molar-refractivity contribution in [2.24, 2.45) is 0 Å². The van der Waals surface area contributed by atoms with Crippen molar-refractivity contribution in [3.63, 3.8) is 0 Å². The van der Waals surface area contributed by atoms with Crippen molar-refractivity contribution in [2.75, 3.05) is 5.32 Å². The van der Waals surface area contributed by atoms with Crippen molar-refractivity contribution in [3.05, 3.63) is 112 Å². The molecule has 3 aromatic carbocycles. The number of nitro groups is 1. The van der Waals surface area contributed by atoms with Gasteiger partial charge in [0.25, 0.3) is 11.2 Å². The first-order valence-corrected chi connectivity index (χ1v) is 10.3. The number of nitrogens with one attached hydrogen (secondary N) is 1. The molecule has 0 aliphatic heterocycles. The minimum atomic E-state index is -0.436. The number of furan rings is 1. The molecule has 0 atom stereocenters. The molecule has 5 rings (SSSR count). The highest BCUT2D eigenvalue weighted by Gasteiger charge is 2.16. The van der Waals surface area contributed by atoms with Gasteiger partial charge in [-0.2, -0.15) is 0 Å². The van der Waals surface area contributed by atoms with E-state index in [0.717, 1.165) is 5.56 Å². The van der Waals surface area contributed by atoms with E-state index in [1.807, 2.05) is 12.1 Å². The molecule has 8 nitrogen and oxygen atoms in total. The number of hydrogen-bond donors (Lipinski definition) is 1. The Morgan fingerprint density at radius 3 is 2.44 bits per heavy atom. The Hall–Kier alpha value is -4.98. The summed E-state index contributed by atoms with van der Waals surface area (Å²) in [4.78, 5) is 35.2. The molecule has 0 aliphatic rings. The number of nitro benzene ring substituents is 1. The fraction of sp³-hybridized carbons (Fsp3) is 0. The van der Waals surface area contributed by atoms with E-state index in [2.05, 4.69) is 11.9 Å². The SMILES string of the molecule is C=CC(=O)Nc1ccc(-n2c(=O)ccc3oc4ccc(-c5cccc([N+](=O)[O-])c5)cc4c32)cc1. The molecule has 166 valence electrons. The number of benzene rings is 3. The molecule has 0 saturated carbocycles. The van der Waals surface area contributed by atoms with Crippen LogP contribution >= 0.6 is 0 Å². The number of fused-ring (bicyclic) bond motifs is 3. The first-order valence-electron chi connectivity index (χ1n) is 10.3. The van der Waals surface area contributed by atoms with Crippen LogP contribution in [0.2, 0.25) is 0 Å². The Morgan fingerprint density at radius 1 is 0.971 bits per heavy atom. The maximum Gasteiger partial charge on any atom is 0.270 e. The summed E-state index contributed by atoms with van der Waals surface area (Å²) in [5.41, 5.74) is 4.02. The van der Waals surface area contributed by atoms with E-state index in [0.29, 0.717) is 39.0 Å². The third-order valence-electron chi connectivity index (χ3n) is 5.48. The van der Waals surface area contributed by atoms with Crippen LogP contribution in [0.4, 0.5) is 11.4 Å². The minimum absolute atomic E-state index is 0.00445. The van der Waals surface area contributed by atoms with Crippen molar-refractivity contribution in [3.8, 4) is 16.8 Å². The predicted molar refractivity (Wildman–Crippen MR) is 130 cm³/mol. The zero-order chi connectivity index (χ0) is 23.8. The smallest absolute Gasteiger partial charge is 0.270 e. The van der Waals surface area contributed by atoms with E-state index in [1.165, 1.54) is 28.8 Å². The van der Waals surface area contributed by atoms with Gasteiger partial charge in [0.05, 0.1) is 4.92 Å². The van der Waals surface area contributed by atoms with Crippen molar-refractivity contribution < 1.29 is 14.1 Å². The van der Waals surface area contributed by atoms with Crippen LogP contribution in [0.25, 0.3) is 38.9 Å². The first-order chi connectivity index (χ1) is 16.4. The van der Waals surface area contributed by atoms with Crippen LogP contribution in [0, 0.1) is 10.1 Å². The number of non-ortho nitro benzene ring substituents is 1. The molecule has 2 heterocycles. The molecule has 1 N–H and O–H groups in total. The summed E-state index contributed by atoms with van der Waals surface area (Å²) < 4.78 is 7.52. The second-order valence-corrected chi connectivity index (χ2v) is 7.58. The van der Waals surface area contributed by atoms with E-state index in [9.17, 15) is 19.7 Å². The third-order valence-corrected chi connectivity index (χ3v) is 5.48. The number of carbonyl (C=O) groups is 1. The van der Waals surface area contributed by atoms with Gasteiger partial charge in [-0.3, -0.25) is 24.3 Å². The maximum absolute atomic E-state index is 12.9. The Bertz CT molecular complexity index is 1660. The zero-order valence-electron chi connectivity index (χ0n) is 17.7. The Labute approximate surface area is 192 Å².